The van der Waals surface area contributed by atoms with Crippen molar-refractivity contribution in [2.45, 2.75) is 40.2 Å². The van der Waals surface area contributed by atoms with Gasteiger partial charge >= 0.3 is 12.0 Å². The van der Waals surface area contributed by atoms with Gasteiger partial charge in [-0.1, -0.05) is 6.07 Å². The van der Waals surface area contributed by atoms with E-state index in [-0.39, 0.29) is 25.0 Å². The molecule has 0 heterocycles. The fourth-order valence-corrected chi connectivity index (χ4v) is 2.24. The molecule has 0 aliphatic rings. The van der Waals surface area contributed by atoms with Gasteiger partial charge in [0.05, 0.1) is 6.42 Å². The molecule has 0 saturated carbocycles. The molecule has 0 aliphatic carbocycles. The summed E-state index contributed by atoms with van der Waals surface area (Å²) < 4.78 is 0. The van der Waals surface area contributed by atoms with E-state index >= 15 is 0 Å². The lowest BCUT2D eigenvalue weighted by molar-refractivity contribution is -0.137. The Bertz CT molecular complexity index is 506. The van der Waals surface area contributed by atoms with Crippen LogP contribution in [0.4, 0.5) is 10.5 Å². The third-order valence-electron chi connectivity index (χ3n) is 3.32. The Morgan fingerprint density at radius 1 is 1.14 bits per heavy atom. The molecule has 0 atom stereocenters. The summed E-state index contributed by atoms with van der Waals surface area (Å²) in [7, 11) is 1.71. The van der Waals surface area contributed by atoms with Crippen molar-refractivity contribution in [1.29, 1.82) is 0 Å². The van der Waals surface area contributed by atoms with Crippen LogP contribution in [0.5, 0.6) is 0 Å². The second kappa shape index (κ2) is 7.11. The second-order valence-electron chi connectivity index (χ2n) is 5.62. The highest BCUT2D eigenvalue weighted by Gasteiger charge is 2.22. The lowest BCUT2D eigenvalue weighted by atomic mass is 10.1. The van der Waals surface area contributed by atoms with Gasteiger partial charge in [-0.15, -0.1) is 0 Å². The average molecular weight is 292 g/mol. The number of rotatable bonds is 5. The van der Waals surface area contributed by atoms with Gasteiger partial charge in [-0.3, -0.25) is 9.69 Å². The van der Waals surface area contributed by atoms with E-state index in [0.717, 1.165) is 16.8 Å². The summed E-state index contributed by atoms with van der Waals surface area (Å²) in [6, 6.07) is 5.70. The molecule has 0 spiro atoms. The van der Waals surface area contributed by atoms with Crippen molar-refractivity contribution in [2.24, 2.45) is 0 Å². The first kappa shape index (κ1) is 17.0. The first-order chi connectivity index (χ1) is 9.72. The molecule has 0 aliphatic heterocycles. The number of anilines is 1. The number of benzene rings is 1. The highest BCUT2D eigenvalue weighted by atomic mass is 16.4. The largest absolute Gasteiger partial charge is 0.481 e. The maximum Gasteiger partial charge on any atom is 0.324 e. The highest BCUT2D eigenvalue weighted by molar-refractivity contribution is 5.92. The second-order valence-corrected chi connectivity index (χ2v) is 5.62. The van der Waals surface area contributed by atoms with Crippen molar-refractivity contribution in [3.63, 3.8) is 0 Å². The van der Waals surface area contributed by atoms with Crippen LogP contribution < -0.4 is 4.90 Å². The molecule has 0 fully saturated rings. The van der Waals surface area contributed by atoms with E-state index in [2.05, 4.69) is 0 Å². The van der Waals surface area contributed by atoms with Crippen LogP contribution in [0.3, 0.4) is 0 Å². The Labute approximate surface area is 126 Å². The van der Waals surface area contributed by atoms with Crippen LogP contribution in [0.2, 0.25) is 0 Å². The summed E-state index contributed by atoms with van der Waals surface area (Å²) in [4.78, 5) is 26.5. The van der Waals surface area contributed by atoms with Gasteiger partial charge in [0.15, 0.2) is 0 Å². The molecule has 1 N–H and O–H groups in total. The Morgan fingerprint density at radius 2 is 1.67 bits per heavy atom. The molecule has 0 radical (unpaired) electrons. The lowest BCUT2D eigenvalue weighted by Crippen LogP contribution is -2.46. The number of nitrogens with zero attached hydrogens (tertiary/aromatic N) is 2. The Kier molecular flexibility index (Phi) is 5.76. The molecule has 0 bridgehead atoms. The molecule has 1 rings (SSSR count). The quantitative estimate of drug-likeness (QED) is 0.907. The van der Waals surface area contributed by atoms with Gasteiger partial charge in [-0.25, -0.2) is 4.79 Å². The molecule has 5 heteroatoms. The van der Waals surface area contributed by atoms with Gasteiger partial charge in [-0.05, 0) is 51.0 Å². The van der Waals surface area contributed by atoms with Crippen LogP contribution >= 0.6 is 0 Å². The van der Waals surface area contributed by atoms with Gasteiger partial charge in [0.25, 0.3) is 0 Å². The smallest absolute Gasteiger partial charge is 0.324 e. The van der Waals surface area contributed by atoms with E-state index in [9.17, 15) is 9.59 Å². The maximum atomic E-state index is 12.6. The SMILES string of the molecule is Cc1cc(C)cc(N(C)C(=O)N(CCC(=O)O)C(C)C)c1. The number of carboxylic acids is 1. The molecule has 0 saturated heterocycles. The number of carbonyl (C=O) groups is 2. The third-order valence-corrected chi connectivity index (χ3v) is 3.32. The van der Waals surface area contributed by atoms with Crippen molar-refractivity contribution in [1.82, 2.24) is 4.90 Å². The van der Waals surface area contributed by atoms with Crippen molar-refractivity contribution in [2.75, 3.05) is 18.5 Å². The number of carbonyl (C=O) groups excluding carboxylic acids is 1. The van der Waals surface area contributed by atoms with E-state index in [1.165, 1.54) is 0 Å². The van der Waals surface area contributed by atoms with Crippen LogP contribution in [0, 0.1) is 13.8 Å². The zero-order valence-corrected chi connectivity index (χ0v) is 13.4. The van der Waals surface area contributed by atoms with E-state index in [1.807, 2.05) is 45.9 Å². The topological polar surface area (TPSA) is 60.9 Å². The van der Waals surface area contributed by atoms with E-state index in [4.69, 9.17) is 5.11 Å². The Morgan fingerprint density at radius 3 is 2.10 bits per heavy atom. The fraction of sp³-hybridized carbons (Fsp3) is 0.500. The van der Waals surface area contributed by atoms with Crippen molar-refractivity contribution < 1.29 is 14.7 Å². The minimum Gasteiger partial charge on any atom is -0.481 e. The number of urea groups is 1. The predicted molar refractivity (Wildman–Crippen MR) is 83.8 cm³/mol. The molecule has 21 heavy (non-hydrogen) atoms. The van der Waals surface area contributed by atoms with E-state index in [1.54, 1.807) is 16.8 Å². The summed E-state index contributed by atoms with van der Waals surface area (Å²) >= 11 is 0. The summed E-state index contributed by atoms with van der Waals surface area (Å²) in [6.45, 7) is 7.95. The highest BCUT2D eigenvalue weighted by Crippen LogP contribution is 2.19. The summed E-state index contributed by atoms with van der Waals surface area (Å²) in [6.07, 6.45) is -0.0510. The van der Waals surface area contributed by atoms with Crippen molar-refractivity contribution in [3.8, 4) is 0 Å². The minimum absolute atomic E-state index is 0.0507. The number of carboxylic acid groups (broad SMARTS) is 1. The first-order valence-electron chi connectivity index (χ1n) is 7.06. The molecular weight excluding hydrogens is 268 g/mol. The molecular formula is C16H24N2O3. The van der Waals surface area contributed by atoms with Crippen LogP contribution in [0.15, 0.2) is 18.2 Å². The molecule has 0 unspecified atom stereocenters. The van der Waals surface area contributed by atoms with Crippen molar-refractivity contribution >= 4 is 17.7 Å². The summed E-state index contributed by atoms with van der Waals surface area (Å²) in [5, 5.41) is 8.80. The van der Waals surface area contributed by atoms with E-state index < -0.39 is 5.97 Å². The van der Waals surface area contributed by atoms with Crippen LogP contribution in [0.25, 0.3) is 0 Å². The Hall–Kier alpha value is -2.04. The molecule has 5 nitrogen and oxygen atoms in total. The summed E-state index contributed by atoms with van der Waals surface area (Å²) in [5.74, 6) is -0.900. The number of hydrogen-bond donors (Lipinski definition) is 1. The molecule has 116 valence electrons. The molecule has 0 aromatic heterocycles. The van der Waals surface area contributed by atoms with Gasteiger partial charge in [0, 0.05) is 25.3 Å². The van der Waals surface area contributed by atoms with Crippen LogP contribution in [-0.2, 0) is 4.79 Å². The first-order valence-corrected chi connectivity index (χ1v) is 7.06. The normalized spacial score (nSPS) is 10.6. The molecule has 2 amide bonds. The zero-order chi connectivity index (χ0) is 16.2. The third kappa shape index (κ3) is 4.77. The maximum absolute atomic E-state index is 12.6. The Balaban J connectivity index is 2.94. The molecule has 1 aromatic rings. The number of hydrogen-bond acceptors (Lipinski definition) is 2. The standard InChI is InChI=1S/C16H24N2O3/c1-11(2)18(7-6-15(19)20)16(21)17(5)14-9-12(3)8-13(4)10-14/h8-11H,6-7H2,1-5H3,(H,19,20). The summed E-state index contributed by atoms with van der Waals surface area (Å²) in [5.41, 5.74) is 3.00. The fourth-order valence-electron chi connectivity index (χ4n) is 2.24. The van der Waals surface area contributed by atoms with Crippen molar-refractivity contribution in [3.05, 3.63) is 29.3 Å². The monoisotopic (exact) mass is 292 g/mol. The van der Waals surface area contributed by atoms with Gasteiger partial charge in [-0.2, -0.15) is 0 Å². The van der Waals surface area contributed by atoms with Crippen LogP contribution in [-0.4, -0.2) is 41.6 Å². The van der Waals surface area contributed by atoms with E-state index in [0.29, 0.717) is 0 Å². The van der Waals surface area contributed by atoms with Gasteiger partial charge < -0.3 is 10.0 Å². The number of aryl methyl sites for hydroxylation is 2. The lowest BCUT2D eigenvalue weighted by Gasteiger charge is -2.31. The van der Waals surface area contributed by atoms with Gasteiger partial charge in [0.2, 0.25) is 0 Å². The van der Waals surface area contributed by atoms with Crippen LogP contribution in [0.1, 0.15) is 31.4 Å². The molecule has 1 aromatic carbocycles. The number of amides is 2. The average Bonchev–Trinajstić information content (AvgIpc) is 2.35. The predicted octanol–water partition coefficient (Wildman–Crippen LogP) is 3.04. The minimum atomic E-state index is -0.900. The number of aliphatic carboxylic acids is 1. The zero-order valence-electron chi connectivity index (χ0n) is 13.4. The van der Waals surface area contributed by atoms with Gasteiger partial charge in [0.1, 0.15) is 0 Å².